The molecule has 0 aromatic rings. The highest BCUT2D eigenvalue weighted by atomic mass is 31.2. The van der Waals surface area contributed by atoms with E-state index in [1.807, 2.05) is 0 Å². The van der Waals surface area contributed by atoms with Gasteiger partial charge >= 0.3 is 0 Å². The molecule has 0 atom stereocenters. The lowest BCUT2D eigenvalue weighted by atomic mass is 10.5. The van der Waals surface area contributed by atoms with Crippen molar-refractivity contribution in [2.24, 2.45) is 0 Å². The summed E-state index contributed by atoms with van der Waals surface area (Å²) >= 11 is 0. The smallest absolute Gasteiger partial charge is 0.142 e. The molecule has 0 amide bonds. The number of rotatable bonds is 3. The standard InChI is InChI=1S/C4H7O6P/c1-2-3(4(5)6)10-11(7,8)9/h2H,1H3,(H,5,6)(H2,7,8,9)/p-3/b3-2-. The number of hydrogen-bond acceptors (Lipinski definition) is 6. The van der Waals surface area contributed by atoms with Gasteiger partial charge in [-0.15, -0.1) is 0 Å². The van der Waals surface area contributed by atoms with Crippen molar-refractivity contribution in [1.82, 2.24) is 0 Å². The molecule has 64 valence electrons. The molecule has 0 aliphatic carbocycles. The van der Waals surface area contributed by atoms with E-state index in [-0.39, 0.29) is 0 Å². The largest absolute Gasteiger partial charge is 0.780 e. The van der Waals surface area contributed by atoms with Crippen LogP contribution in [0.15, 0.2) is 11.8 Å². The van der Waals surface area contributed by atoms with E-state index in [2.05, 4.69) is 4.52 Å². The van der Waals surface area contributed by atoms with Gasteiger partial charge in [-0.3, -0.25) is 0 Å². The highest BCUT2D eigenvalue weighted by Crippen LogP contribution is 2.28. The van der Waals surface area contributed by atoms with Crippen LogP contribution in [0, 0.1) is 0 Å². The monoisotopic (exact) mass is 179 g/mol. The number of hydrogen-bond donors (Lipinski definition) is 0. The number of carboxylic acid groups (broad SMARTS) is 1. The molecule has 0 radical (unpaired) electrons. The topological polar surface area (TPSA) is 113 Å². The fourth-order valence-electron chi connectivity index (χ4n) is 0.328. The van der Waals surface area contributed by atoms with Gasteiger partial charge in [-0.25, -0.2) is 0 Å². The second-order valence-corrected chi connectivity index (χ2v) is 2.56. The van der Waals surface area contributed by atoms with E-state index in [9.17, 15) is 24.3 Å². The Morgan fingerprint density at radius 2 is 2.00 bits per heavy atom. The summed E-state index contributed by atoms with van der Waals surface area (Å²) in [4.78, 5) is 29.6. The zero-order chi connectivity index (χ0) is 9.07. The van der Waals surface area contributed by atoms with Crippen LogP contribution in [0.25, 0.3) is 0 Å². The predicted octanol–water partition coefficient (Wildman–Crippen LogP) is -2.51. The predicted molar refractivity (Wildman–Crippen MR) is 27.5 cm³/mol. The zero-order valence-electron chi connectivity index (χ0n) is 5.47. The summed E-state index contributed by atoms with van der Waals surface area (Å²) in [7, 11) is -5.28. The van der Waals surface area contributed by atoms with Crippen LogP contribution in [-0.2, 0) is 13.9 Å². The highest BCUT2D eigenvalue weighted by molar-refractivity contribution is 7.43. The van der Waals surface area contributed by atoms with E-state index in [0.29, 0.717) is 0 Å². The molecule has 0 fully saturated rings. The molecule has 0 saturated carbocycles. The van der Waals surface area contributed by atoms with E-state index < -0.39 is 19.6 Å². The molecule has 0 rings (SSSR count). The third-order valence-electron chi connectivity index (χ3n) is 0.674. The molecule has 0 aromatic heterocycles. The second-order valence-electron chi connectivity index (χ2n) is 1.48. The Morgan fingerprint density at radius 3 is 2.09 bits per heavy atom. The Labute approximate surface area is 62.4 Å². The lowest BCUT2D eigenvalue weighted by molar-refractivity contribution is -0.342. The van der Waals surface area contributed by atoms with Crippen LogP contribution in [0.5, 0.6) is 0 Å². The first-order valence-electron chi connectivity index (χ1n) is 2.46. The Kier molecular flexibility index (Phi) is 3.25. The Bertz CT molecular complexity index is 225. The molecule has 11 heavy (non-hydrogen) atoms. The SMILES string of the molecule is C/C=C(\OP(=O)([O-])[O-])C(=O)[O-]. The Hall–Kier alpha value is -0.840. The summed E-state index contributed by atoms with van der Waals surface area (Å²) in [5.41, 5.74) is 0. The van der Waals surface area contributed by atoms with Gasteiger partial charge in [0.15, 0.2) is 0 Å². The maximum absolute atomic E-state index is 9.90. The molecule has 0 N–H and O–H groups in total. The zero-order valence-corrected chi connectivity index (χ0v) is 6.37. The molecule has 0 aliphatic rings. The molecule has 0 saturated heterocycles. The number of phosphoric acid groups is 1. The van der Waals surface area contributed by atoms with Crippen LogP contribution in [0.1, 0.15) is 6.92 Å². The lowest BCUT2D eigenvalue weighted by Gasteiger charge is -2.30. The van der Waals surface area contributed by atoms with Gasteiger partial charge < -0.3 is 28.8 Å². The summed E-state index contributed by atoms with van der Waals surface area (Å²) in [6.45, 7) is 1.20. The molecule has 0 bridgehead atoms. The third kappa shape index (κ3) is 4.55. The lowest BCUT2D eigenvalue weighted by Crippen LogP contribution is -2.28. The summed E-state index contributed by atoms with van der Waals surface area (Å²) < 4.78 is 13.3. The minimum absolute atomic E-state index is 0.803. The van der Waals surface area contributed by atoms with E-state index in [0.717, 1.165) is 6.08 Å². The van der Waals surface area contributed by atoms with Gasteiger partial charge in [-0.1, -0.05) is 0 Å². The molecule has 0 unspecified atom stereocenters. The van der Waals surface area contributed by atoms with E-state index in [4.69, 9.17) is 0 Å². The van der Waals surface area contributed by atoms with Gasteiger partial charge in [0.05, 0.1) is 0 Å². The summed E-state index contributed by atoms with van der Waals surface area (Å²) in [5, 5.41) is 9.90. The van der Waals surface area contributed by atoms with Crippen molar-refractivity contribution < 1.29 is 28.8 Å². The fraction of sp³-hybridized carbons (Fsp3) is 0.250. The quantitative estimate of drug-likeness (QED) is 0.268. The third-order valence-corrected chi connectivity index (χ3v) is 1.09. The van der Waals surface area contributed by atoms with Gasteiger partial charge in [0.25, 0.3) is 0 Å². The van der Waals surface area contributed by atoms with Crippen molar-refractivity contribution in [3.05, 3.63) is 11.8 Å². The van der Waals surface area contributed by atoms with E-state index >= 15 is 0 Å². The number of carbonyl (C=O) groups is 1. The number of carbonyl (C=O) groups excluding carboxylic acids is 1. The van der Waals surface area contributed by atoms with Gasteiger partial charge in [0.1, 0.15) is 19.6 Å². The van der Waals surface area contributed by atoms with Gasteiger partial charge in [-0.2, -0.15) is 0 Å². The molecule has 0 aromatic carbocycles. The highest BCUT2D eigenvalue weighted by Gasteiger charge is 1.99. The maximum atomic E-state index is 9.90. The Balaban J connectivity index is 4.37. The first-order chi connectivity index (χ1) is 4.87. The molecular weight excluding hydrogens is 175 g/mol. The van der Waals surface area contributed by atoms with Crippen molar-refractivity contribution in [1.29, 1.82) is 0 Å². The van der Waals surface area contributed by atoms with E-state index in [1.165, 1.54) is 6.92 Å². The molecular formula is C4H4O6P-3. The Morgan fingerprint density at radius 1 is 1.55 bits per heavy atom. The van der Waals surface area contributed by atoms with E-state index in [1.54, 1.807) is 0 Å². The average molecular weight is 179 g/mol. The molecule has 6 nitrogen and oxygen atoms in total. The van der Waals surface area contributed by atoms with Crippen molar-refractivity contribution in [2.45, 2.75) is 6.92 Å². The van der Waals surface area contributed by atoms with Crippen LogP contribution in [0.2, 0.25) is 0 Å². The first-order valence-corrected chi connectivity index (χ1v) is 3.92. The van der Waals surface area contributed by atoms with Gasteiger partial charge in [-0.05, 0) is 13.0 Å². The van der Waals surface area contributed by atoms with Crippen LogP contribution in [0.3, 0.4) is 0 Å². The molecule has 0 heterocycles. The fourth-order valence-corrected chi connectivity index (χ4v) is 0.749. The number of allylic oxidation sites excluding steroid dienone is 1. The number of carboxylic acids is 1. The van der Waals surface area contributed by atoms with Crippen LogP contribution < -0.4 is 14.9 Å². The number of phosphoric ester groups is 1. The van der Waals surface area contributed by atoms with Gasteiger partial charge in [0, 0.05) is 0 Å². The molecule has 0 aliphatic heterocycles. The minimum Gasteiger partial charge on any atom is -0.780 e. The van der Waals surface area contributed by atoms with Crippen molar-refractivity contribution in [3.63, 3.8) is 0 Å². The summed E-state index contributed by atoms with van der Waals surface area (Å²) in [6, 6.07) is 0. The maximum Gasteiger partial charge on any atom is 0.142 e. The average Bonchev–Trinajstić information content (AvgIpc) is 1.80. The van der Waals surface area contributed by atoms with Crippen LogP contribution in [-0.4, -0.2) is 5.97 Å². The first kappa shape index (κ1) is 10.2. The van der Waals surface area contributed by atoms with Gasteiger partial charge in [0.2, 0.25) is 0 Å². The van der Waals surface area contributed by atoms with Crippen LogP contribution in [0.4, 0.5) is 0 Å². The minimum atomic E-state index is -5.28. The number of aliphatic carboxylic acids is 1. The van der Waals surface area contributed by atoms with Crippen molar-refractivity contribution >= 4 is 13.8 Å². The van der Waals surface area contributed by atoms with Crippen LogP contribution >= 0.6 is 7.82 Å². The second kappa shape index (κ2) is 3.52. The summed E-state index contributed by atoms with van der Waals surface area (Å²) in [6.07, 6.45) is 0.803. The summed E-state index contributed by atoms with van der Waals surface area (Å²) in [5.74, 6) is -2.85. The normalized spacial score (nSPS) is 12.8. The van der Waals surface area contributed by atoms with Crippen molar-refractivity contribution in [2.75, 3.05) is 0 Å². The molecule has 0 spiro atoms. The van der Waals surface area contributed by atoms with Crippen molar-refractivity contribution in [3.8, 4) is 0 Å². The molecule has 7 heteroatoms.